The van der Waals surface area contributed by atoms with E-state index < -0.39 is 5.82 Å². The molecule has 0 atom stereocenters. The highest BCUT2D eigenvalue weighted by atomic mass is 35.5. The van der Waals surface area contributed by atoms with Gasteiger partial charge in [-0.3, -0.25) is 4.79 Å². The minimum Gasteiger partial charge on any atom is -0.466 e. The molecule has 0 aromatic heterocycles. The van der Waals surface area contributed by atoms with Crippen molar-refractivity contribution in [2.45, 2.75) is 20.3 Å². The summed E-state index contributed by atoms with van der Waals surface area (Å²) in [5.41, 5.74) is 1.28. The molecule has 1 aromatic carbocycles. The first-order valence-electron chi connectivity index (χ1n) is 4.65. The first-order valence-corrected chi connectivity index (χ1v) is 5.03. The summed E-state index contributed by atoms with van der Waals surface area (Å²) < 4.78 is 17.8. The maximum Gasteiger partial charge on any atom is 0.310 e. The van der Waals surface area contributed by atoms with Gasteiger partial charge in [-0.25, -0.2) is 4.39 Å². The fourth-order valence-corrected chi connectivity index (χ4v) is 1.44. The molecule has 15 heavy (non-hydrogen) atoms. The lowest BCUT2D eigenvalue weighted by atomic mass is 10.1. The first-order chi connectivity index (χ1) is 7.06. The van der Waals surface area contributed by atoms with Crippen LogP contribution in [0.25, 0.3) is 0 Å². The molecule has 2 nitrogen and oxygen atoms in total. The molecule has 0 saturated heterocycles. The molecule has 0 fully saturated rings. The number of halogens is 2. The van der Waals surface area contributed by atoms with Gasteiger partial charge in [0.2, 0.25) is 0 Å². The Labute approximate surface area is 93.0 Å². The highest BCUT2D eigenvalue weighted by molar-refractivity contribution is 6.31. The third-order valence-corrected chi connectivity index (χ3v) is 2.56. The van der Waals surface area contributed by atoms with E-state index in [1.54, 1.807) is 19.9 Å². The summed E-state index contributed by atoms with van der Waals surface area (Å²) in [4.78, 5) is 11.2. The third-order valence-electron chi connectivity index (χ3n) is 2.09. The maximum atomic E-state index is 13.0. The molecule has 0 saturated carbocycles. The molecular formula is C11H12ClFO2. The van der Waals surface area contributed by atoms with Crippen molar-refractivity contribution < 1.29 is 13.9 Å². The Kier molecular flexibility index (Phi) is 4.09. The van der Waals surface area contributed by atoms with Gasteiger partial charge in [-0.2, -0.15) is 0 Å². The van der Waals surface area contributed by atoms with Gasteiger partial charge in [0.05, 0.1) is 18.1 Å². The number of hydrogen-bond donors (Lipinski definition) is 0. The van der Waals surface area contributed by atoms with Crippen LogP contribution in [-0.4, -0.2) is 12.6 Å². The topological polar surface area (TPSA) is 26.3 Å². The Morgan fingerprint density at radius 1 is 1.53 bits per heavy atom. The first kappa shape index (κ1) is 12.0. The zero-order valence-corrected chi connectivity index (χ0v) is 9.40. The number of rotatable bonds is 3. The van der Waals surface area contributed by atoms with E-state index in [1.165, 1.54) is 6.07 Å². The van der Waals surface area contributed by atoms with Gasteiger partial charge in [0, 0.05) is 0 Å². The molecule has 0 spiro atoms. The number of carbonyl (C=O) groups is 1. The van der Waals surface area contributed by atoms with E-state index in [9.17, 15) is 9.18 Å². The van der Waals surface area contributed by atoms with Crippen molar-refractivity contribution in [1.82, 2.24) is 0 Å². The van der Waals surface area contributed by atoms with Crippen molar-refractivity contribution in [2.75, 3.05) is 6.61 Å². The second kappa shape index (κ2) is 5.12. The molecular weight excluding hydrogens is 219 g/mol. The molecule has 4 heteroatoms. The van der Waals surface area contributed by atoms with Crippen molar-refractivity contribution in [3.63, 3.8) is 0 Å². The zero-order chi connectivity index (χ0) is 11.4. The van der Waals surface area contributed by atoms with Crippen molar-refractivity contribution in [3.05, 3.63) is 34.1 Å². The number of hydrogen-bond acceptors (Lipinski definition) is 2. The van der Waals surface area contributed by atoms with E-state index >= 15 is 0 Å². The minimum atomic E-state index is -0.471. The molecule has 0 bridgehead atoms. The van der Waals surface area contributed by atoms with Crippen molar-refractivity contribution in [3.8, 4) is 0 Å². The second-order valence-electron chi connectivity index (χ2n) is 3.13. The normalized spacial score (nSPS) is 10.1. The monoisotopic (exact) mass is 230 g/mol. The SMILES string of the molecule is CCOC(=O)Cc1ccc(F)c(Cl)c1C. The van der Waals surface area contributed by atoms with Gasteiger partial charge >= 0.3 is 5.97 Å². The largest absolute Gasteiger partial charge is 0.466 e. The van der Waals surface area contributed by atoms with Crippen LogP contribution in [0.2, 0.25) is 5.02 Å². The molecule has 1 aromatic rings. The number of benzene rings is 1. The van der Waals surface area contributed by atoms with E-state index in [-0.39, 0.29) is 17.4 Å². The lowest BCUT2D eigenvalue weighted by Crippen LogP contribution is -2.08. The van der Waals surface area contributed by atoms with Crippen LogP contribution < -0.4 is 0 Å². The highest BCUT2D eigenvalue weighted by Crippen LogP contribution is 2.23. The maximum absolute atomic E-state index is 13.0. The van der Waals surface area contributed by atoms with Gasteiger partial charge in [0.15, 0.2) is 0 Å². The van der Waals surface area contributed by atoms with Crippen molar-refractivity contribution in [1.29, 1.82) is 0 Å². The van der Waals surface area contributed by atoms with Crippen molar-refractivity contribution in [2.24, 2.45) is 0 Å². The smallest absolute Gasteiger partial charge is 0.310 e. The average molecular weight is 231 g/mol. The van der Waals surface area contributed by atoms with Gasteiger partial charge in [-0.1, -0.05) is 17.7 Å². The Balaban J connectivity index is 2.87. The van der Waals surface area contributed by atoms with Crippen LogP contribution >= 0.6 is 11.6 Å². The summed E-state index contributed by atoms with van der Waals surface area (Å²) in [7, 11) is 0. The Morgan fingerprint density at radius 2 is 2.20 bits per heavy atom. The van der Waals surface area contributed by atoms with E-state index in [4.69, 9.17) is 16.3 Å². The minimum absolute atomic E-state index is 0.0665. The molecule has 0 aliphatic heterocycles. The van der Waals surface area contributed by atoms with Gasteiger partial charge < -0.3 is 4.74 Å². The van der Waals surface area contributed by atoms with Crippen LogP contribution in [0.15, 0.2) is 12.1 Å². The summed E-state index contributed by atoms with van der Waals surface area (Å²) in [6.07, 6.45) is 0.125. The van der Waals surface area contributed by atoms with Gasteiger partial charge in [-0.05, 0) is 31.0 Å². The van der Waals surface area contributed by atoms with E-state index in [2.05, 4.69) is 0 Å². The standard InChI is InChI=1S/C11H12ClFO2/c1-3-15-10(14)6-8-4-5-9(13)11(12)7(8)2/h4-5H,3,6H2,1-2H3. The molecule has 0 unspecified atom stereocenters. The van der Waals surface area contributed by atoms with Crippen LogP contribution in [-0.2, 0) is 16.0 Å². The predicted molar refractivity (Wildman–Crippen MR) is 56.5 cm³/mol. The lowest BCUT2D eigenvalue weighted by molar-refractivity contribution is -0.142. The van der Waals surface area contributed by atoms with E-state index in [1.807, 2.05) is 0 Å². The quantitative estimate of drug-likeness (QED) is 0.747. The molecule has 0 radical (unpaired) electrons. The summed E-state index contributed by atoms with van der Waals surface area (Å²) in [6.45, 7) is 3.76. The Hall–Kier alpha value is -1.09. The van der Waals surface area contributed by atoms with Crippen molar-refractivity contribution >= 4 is 17.6 Å². The second-order valence-corrected chi connectivity index (χ2v) is 3.51. The number of esters is 1. The summed E-state index contributed by atoms with van der Waals surface area (Å²) in [5.74, 6) is -0.801. The predicted octanol–water partition coefficient (Wildman–Crippen LogP) is 2.89. The van der Waals surface area contributed by atoms with Crippen LogP contribution in [0.5, 0.6) is 0 Å². The molecule has 0 amide bonds. The molecule has 0 N–H and O–H groups in total. The van der Waals surface area contributed by atoms with Gasteiger partial charge in [-0.15, -0.1) is 0 Å². The molecule has 1 rings (SSSR count). The average Bonchev–Trinajstić information content (AvgIpc) is 2.20. The van der Waals surface area contributed by atoms with Crippen LogP contribution in [0, 0.1) is 12.7 Å². The summed E-state index contributed by atoms with van der Waals surface area (Å²) in [6, 6.07) is 2.80. The molecule has 0 heterocycles. The Morgan fingerprint density at radius 3 is 2.80 bits per heavy atom. The fourth-order valence-electron chi connectivity index (χ4n) is 1.25. The van der Waals surface area contributed by atoms with Crippen LogP contribution in [0.1, 0.15) is 18.1 Å². The van der Waals surface area contributed by atoms with Crippen LogP contribution in [0.4, 0.5) is 4.39 Å². The summed E-state index contributed by atoms with van der Waals surface area (Å²) >= 11 is 5.72. The molecule has 0 aliphatic rings. The van der Waals surface area contributed by atoms with Gasteiger partial charge in [0.1, 0.15) is 5.82 Å². The fraction of sp³-hybridized carbons (Fsp3) is 0.364. The molecule has 0 aliphatic carbocycles. The summed E-state index contributed by atoms with van der Waals surface area (Å²) in [5, 5.41) is 0.0665. The lowest BCUT2D eigenvalue weighted by Gasteiger charge is -2.07. The number of carbonyl (C=O) groups excluding carboxylic acids is 1. The van der Waals surface area contributed by atoms with E-state index in [0.717, 1.165) is 0 Å². The third kappa shape index (κ3) is 2.93. The van der Waals surface area contributed by atoms with Gasteiger partial charge in [0.25, 0.3) is 0 Å². The van der Waals surface area contributed by atoms with Crippen LogP contribution in [0.3, 0.4) is 0 Å². The molecule has 82 valence electrons. The highest BCUT2D eigenvalue weighted by Gasteiger charge is 2.11. The Bertz CT molecular complexity index is 377. The zero-order valence-electron chi connectivity index (χ0n) is 8.64. The number of ether oxygens (including phenoxy) is 1. The van der Waals surface area contributed by atoms with E-state index in [0.29, 0.717) is 17.7 Å².